The molecule has 0 amide bonds. The maximum atomic E-state index is 6.12. The molecule has 1 aliphatic heterocycles. The molecule has 0 bridgehead atoms. The van der Waals surface area contributed by atoms with Crippen molar-refractivity contribution >= 4 is 33.4 Å². The van der Waals surface area contributed by atoms with Crippen LogP contribution in [0, 0.1) is 5.92 Å². The highest BCUT2D eigenvalue weighted by Crippen LogP contribution is 2.25. The van der Waals surface area contributed by atoms with Crippen LogP contribution in [-0.4, -0.2) is 18.5 Å². The van der Waals surface area contributed by atoms with Crippen LogP contribution in [0.3, 0.4) is 0 Å². The van der Waals surface area contributed by atoms with Gasteiger partial charge in [0.25, 0.3) is 0 Å². The number of ether oxygens (including phenoxy) is 1. The van der Waals surface area contributed by atoms with E-state index >= 15 is 0 Å². The van der Waals surface area contributed by atoms with Gasteiger partial charge in [0.1, 0.15) is 6.61 Å². The Balaban J connectivity index is 2.32. The van der Waals surface area contributed by atoms with Gasteiger partial charge in [-0.2, -0.15) is 0 Å². The Morgan fingerprint density at radius 1 is 1.50 bits per heavy atom. The number of halogens is 2. The third-order valence-electron chi connectivity index (χ3n) is 2.60. The molecule has 0 radical (unpaired) electrons. The average molecular weight is 303 g/mol. The predicted molar refractivity (Wildman–Crippen MR) is 70.3 cm³/mol. The number of benzene rings is 1. The van der Waals surface area contributed by atoms with Crippen molar-refractivity contribution in [3.05, 3.63) is 33.3 Å². The van der Waals surface area contributed by atoms with E-state index in [1.165, 1.54) is 0 Å². The first-order valence-electron chi connectivity index (χ1n) is 5.24. The van der Waals surface area contributed by atoms with E-state index < -0.39 is 0 Å². The van der Waals surface area contributed by atoms with E-state index in [0.29, 0.717) is 23.4 Å². The molecule has 1 atom stereocenters. The van der Waals surface area contributed by atoms with Gasteiger partial charge in [-0.1, -0.05) is 41.4 Å². The minimum Gasteiger partial charge on any atom is -0.475 e. The second-order valence-corrected chi connectivity index (χ2v) is 5.50. The van der Waals surface area contributed by atoms with Crippen LogP contribution in [0.2, 0.25) is 5.02 Å². The SMILES string of the molecule is CC(C)[C@H]1COC(c2cc(Br)ccc2Cl)=N1. The van der Waals surface area contributed by atoms with Crippen LogP contribution in [0.5, 0.6) is 0 Å². The summed E-state index contributed by atoms with van der Waals surface area (Å²) in [4.78, 5) is 4.55. The molecule has 0 aliphatic carbocycles. The first-order valence-corrected chi connectivity index (χ1v) is 6.41. The van der Waals surface area contributed by atoms with E-state index in [1.807, 2.05) is 18.2 Å². The summed E-state index contributed by atoms with van der Waals surface area (Å²) >= 11 is 9.54. The van der Waals surface area contributed by atoms with Crippen molar-refractivity contribution in [3.8, 4) is 0 Å². The van der Waals surface area contributed by atoms with Gasteiger partial charge < -0.3 is 4.74 Å². The van der Waals surface area contributed by atoms with Crippen LogP contribution in [-0.2, 0) is 4.74 Å². The van der Waals surface area contributed by atoms with E-state index in [0.717, 1.165) is 10.0 Å². The standard InChI is InChI=1S/C12H13BrClNO/c1-7(2)11-6-16-12(15-11)9-5-8(13)3-4-10(9)14/h3-5,7,11H,6H2,1-2H3/t11-/m1/s1. The molecule has 2 rings (SSSR count). The molecule has 0 saturated heterocycles. The molecule has 4 heteroatoms. The summed E-state index contributed by atoms with van der Waals surface area (Å²) in [5, 5.41) is 0.673. The van der Waals surface area contributed by atoms with Crippen LogP contribution >= 0.6 is 27.5 Å². The van der Waals surface area contributed by atoms with Gasteiger partial charge in [-0.25, -0.2) is 4.99 Å². The van der Waals surface area contributed by atoms with Gasteiger partial charge >= 0.3 is 0 Å². The van der Waals surface area contributed by atoms with Gasteiger partial charge in [0.15, 0.2) is 0 Å². The molecule has 2 nitrogen and oxygen atoms in total. The van der Waals surface area contributed by atoms with E-state index in [9.17, 15) is 0 Å². The lowest BCUT2D eigenvalue weighted by Crippen LogP contribution is -2.13. The lowest BCUT2D eigenvalue weighted by Gasteiger charge is -2.06. The zero-order valence-corrected chi connectivity index (χ0v) is 11.5. The first-order chi connectivity index (χ1) is 7.58. The van der Waals surface area contributed by atoms with Gasteiger partial charge in [0.05, 0.1) is 16.6 Å². The summed E-state index contributed by atoms with van der Waals surface area (Å²) < 4.78 is 6.57. The zero-order chi connectivity index (χ0) is 11.7. The molecule has 1 aliphatic rings. The number of hydrogen-bond donors (Lipinski definition) is 0. The summed E-state index contributed by atoms with van der Waals surface area (Å²) in [5.74, 6) is 1.15. The van der Waals surface area contributed by atoms with Crippen LogP contribution in [0.1, 0.15) is 19.4 Å². The molecule has 0 N–H and O–H groups in total. The van der Waals surface area contributed by atoms with Crippen molar-refractivity contribution in [3.63, 3.8) is 0 Å². The molecule has 0 saturated carbocycles. The molecule has 86 valence electrons. The molecule has 0 fully saturated rings. The van der Waals surface area contributed by atoms with Crippen LogP contribution in [0.25, 0.3) is 0 Å². The Morgan fingerprint density at radius 3 is 2.88 bits per heavy atom. The molecule has 16 heavy (non-hydrogen) atoms. The van der Waals surface area contributed by atoms with Gasteiger partial charge in [-0.15, -0.1) is 0 Å². The van der Waals surface area contributed by atoms with Crippen molar-refractivity contribution in [2.75, 3.05) is 6.61 Å². The third-order valence-corrected chi connectivity index (χ3v) is 3.43. The van der Waals surface area contributed by atoms with E-state index in [4.69, 9.17) is 16.3 Å². The van der Waals surface area contributed by atoms with E-state index in [2.05, 4.69) is 34.8 Å². The van der Waals surface area contributed by atoms with Gasteiger partial charge in [0.2, 0.25) is 5.90 Å². The zero-order valence-electron chi connectivity index (χ0n) is 9.21. The van der Waals surface area contributed by atoms with Crippen molar-refractivity contribution in [2.45, 2.75) is 19.9 Å². The molecule has 0 spiro atoms. The smallest absolute Gasteiger partial charge is 0.218 e. The minimum absolute atomic E-state index is 0.241. The Hall–Kier alpha value is -0.540. The third kappa shape index (κ3) is 2.41. The summed E-state index contributed by atoms with van der Waals surface area (Å²) in [6.45, 7) is 4.93. The summed E-state index contributed by atoms with van der Waals surface area (Å²) in [6, 6.07) is 5.92. The molecule has 1 aromatic rings. The second kappa shape index (κ2) is 4.76. The molecule has 0 aromatic heterocycles. The van der Waals surface area contributed by atoms with Gasteiger partial charge in [0, 0.05) is 4.47 Å². The lowest BCUT2D eigenvalue weighted by atomic mass is 10.1. The summed E-state index contributed by atoms with van der Waals surface area (Å²) in [6.07, 6.45) is 0. The largest absolute Gasteiger partial charge is 0.475 e. The Kier molecular flexibility index (Phi) is 3.55. The van der Waals surface area contributed by atoms with E-state index in [1.54, 1.807) is 0 Å². The van der Waals surface area contributed by atoms with Crippen LogP contribution in [0.4, 0.5) is 0 Å². The topological polar surface area (TPSA) is 21.6 Å². The number of rotatable bonds is 2. The average Bonchev–Trinajstić information content (AvgIpc) is 2.70. The fraction of sp³-hybridized carbons (Fsp3) is 0.417. The molecular formula is C12H13BrClNO. The first kappa shape index (κ1) is 11.9. The minimum atomic E-state index is 0.241. The van der Waals surface area contributed by atoms with E-state index in [-0.39, 0.29) is 6.04 Å². The highest BCUT2D eigenvalue weighted by Gasteiger charge is 2.24. The second-order valence-electron chi connectivity index (χ2n) is 4.18. The maximum absolute atomic E-state index is 6.12. The Morgan fingerprint density at radius 2 is 2.25 bits per heavy atom. The van der Waals surface area contributed by atoms with Crippen molar-refractivity contribution in [2.24, 2.45) is 10.9 Å². The highest BCUT2D eigenvalue weighted by atomic mass is 79.9. The van der Waals surface area contributed by atoms with Crippen molar-refractivity contribution in [1.29, 1.82) is 0 Å². The fourth-order valence-electron chi connectivity index (χ4n) is 1.54. The Bertz CT molecular complexity index is 431. The number of aliphatic imine (C=N–C) groups is 1. The number of hydrogen-bond acceptors (Lipinski definition) is 2. The molecule has 0 unspecified atom stereocenters. The summed E-state index contributed by atoms with van der Waals surface area (Å²) in [7, 11) is 0. The monoisotopic (exact) mass is 301 g/mol. The predicted octanol–water partition coefficient (Wildman–Crippen LogP) is 3.90. The highest BCUT2D eigenvalue weighted by molar-refractivity contribution is 9.10. The van der Waals surface area contributed by atoms with Crippen molar-refractivity contribution < 1.29 is 4.74 Å². The van der Waals surface area contributed by atoms with Crippen LogP contribution < -0.4 is 0 Å². The van der Waals surface area contributed by atoms with Crippen molar-refractivity contribution in [1.82, 2.24) is 0 Å². The number of nitrogens with zero attached hydrogens (tertiary/aromatic N) is 1. The molecule has 1 heterocycles. The lowest BCUT2D eigenvalue weighted by molar-refractivity contribution is 0.292. The Labute approximate surface area is 109 Å². The maximum Gasteiger partial charge on any atom is 0.218 e. The normalized spacial score (nSPS) is 19.8. The molecular weight excluding hydrogens is 289 g/mol. The summed E-state index contributed by atoms with van der Waals surface area (Å²) in [5.41, 5.74) is 0.860. The molecule has 1 aromatic carbocycles. The van der Waals surface area contributed by atoms with Gasteiger partial charge in [-0.05, 0) is 24.1 Å². The quantitative estimate of drug-likeness (QED) is 0.812. The van der Waals surface area contributed by atoms with Crippen LogP contribution in [0.15, 0.2) is 27.7 Å². The van der Waals surface area contributed by atoms with Gasteiger partial charge in [-0.3, -0.25) is 0 Å². The fourth-order valence-corrected chi connectivity index (χ4v) is 2.10.